The first-order valence-electron chi connectivity index (χ1n) is 9.27. The van der Waals surface area contributed by atoms with Gasteiger partial charge < -0.3 is 9.64 Å². The molecule has 0 aliphatic carbocycles. The van der Waals surface area contributed by atoms with Crippen molar-refractivity contribution in [2.24, 2.45) is 11.8 Å². The van der Waals surface area contributed by atoms with E-state index >= 15 is 0 Å². The fourth-order valence-corrected chi connectivity index (χ4v) is 4.56. The van der Waals surface area contributed by atoms with Crippen molar-refractivity contribution < 1.29 is 9.53 Å². The van der Waals surface area contributed by atoms with Crippen molar-refractivity contribution in [2.45, 2.75) is 44.5 Å². The van der Waals surface area contributed by atoms with Gasteiger partial charge in [0.1, 0.15) is 11.4 Å². The van der Waals surface area contributed by atoms with Gasteiger partial charge >= 0.3 is 0 Å². The Morgan fingerprint density at radius 2 is 2.00 bits per heavy atom. The molecule has 146 valence electrons. The Morgan fingerprint density at radius 3 is 2.67 bits per heavy atom. The SMILES string of the molecule is COc1ccc(C)cc1-n1nnnc1S[C@@H](C)C(=O)N1C[C@@H](C)C[C@H](C)C1. The molecule has 0 N–H and O–H groups in total. The molecule has 3 atom stereocenters. The van der Waals surface area contributed by atoms with Crippen LogP contribution in [0.15, 0.2) is 23.4 Å². The van der Waals surface area contributed by atoms with E-state index in [1.54, 1.807) is 11.8 Å². The number of likely N-dealkylation sites (tertiary alicyclic amines) is 1. The maximum Gasteiger partial charge on any atom is 0.235 e. The molecular formula is C19H27N5O2S. The standard InChI is InChI=1S/C19H27N5O2S/c1-12-6-7-17(26-5)16(9-12)24-19(20-21-22-24)27-15(4)18(25)23-10-13(2)8-14(3)11-23/h6-7,9,13-15H,8,10-11H2,1-5H3/t13-,14-,15-/m0/s1. The molecular weight excluding hydrogens is 362 g/mol. The molecule has 1 aliphatic heterocycles. The van der Waals surface area contributed by atoms with Gasteiger partial charge in [0.05, 0.1) is 12.4 Å². The number of carbonyl (C=O) groups is 1. The molecule has 1 fully saturated rings. The van der Waals surface area contributed by atoms with E-state index < -0.39 is 0 Å². The summed E-state index contributed by atoms with van der Waals surface area (Å²) in [6.45, 7) is 9.99. The predicted octanol–water partition coefficient (Wildman–Crippen LogP) is 2.96. The number of nitrogens with zero attached hydrogens (tertiary/aromatic N) is 5. The number of methoxy groups -OCH3 is 1. The topological polar surface area (TPSA) is 73.1 Å². The van der Waals surface area contributed by atoms with Gasteiger partial charge in [0.2, 0.25) is 11.1 Å². The zero-order valence-electron chi connectivity index (χ0n) is 16.5. The second-order valence-corrected chi connectivity index (χ2v) is 8.81. The van der Waals surface area contributed by atoms with Gasteiger partial charge in [0.25, 0.3) is 0 Å². The van der Waals surface area contributed by atoms with Crippen molar-refractivity contribution in [3.05, 3.63) is 23.8 Å². The lowest BCUT2D eigenvalue weighted by atomic mass is 9.92. The summed E-state index contributed by atoms with van der Waals surface area (Å²) < 4.78 is 7.09. The van der Waals surface area contributed by atoms with Gasteiger partial charge in [-0.05, 0) is 60.2 Å². The van der Waals surface area contributed by atoms with Crippen LogP contribution in [0.3, 0.4) is 0 Å². The molecule has 1 amide bonds. The number of ether oxygens (including phenoxy) is 1. The third kappa shape index (κ3) is 4.43. The molecule has 0 unspecified atom stereocenters. The first kappa shape index (κ1) is 19.7. The third-order valence-electron chi connectivity index (χ3n) is 4.81. The minimum atomic E-state index is -0.261. The van der Waals surface area contributed by atoms with Gasteiger partial charge in [-0.15, -0.1) is 5.10 Å². The number of rotatable bonds is 5. The van der Waals surface area contributed by atoms with Crippen molar-refractivity contribution in [2.75, 3.05) is 20.2 Å². The Bertz CT molecular complexity index is 799. The molecule has 8 heteroatoms. The van der Waals surface area contributed by atoms with Crippen LogP contribution in [-0.4, -0.2) is 56.5 Å². The second kappa shape index (κ2) is 8.29. The number of amides is 1. The van der Waals surface area contributed by atoms with E-state index in [1.807, 2.05) is 36.9 Å². The second-order valence-electron chi connectivity index (χ2n) is 7.50. The maximum absolute atomic E-state index is 12.9. The molecule has 2 aromatic rings. The molecule has 3 rings (SSSR count). The van der Waals surface area contributed by atoms with Gasteiger partial charge in [0, 0.05) is 13.1 Å². The highest BCUT2D eigenvalue weighted by Crippen LogP contribution is 2.30. The number of aryl methyl sites for hydroxylation is 1. The lowest BCUT2D eigenvalue weighted by molar-refractivity contribution is -0.132. The van der Waals surface area contributed by atoms with Crippen molar-refractivity contribution in [1.82, 2.24) is 25.1 Å². The number of hydrogen-bond acceptors (Lipinski definition) is 6. The number of benzene rings is 1. The molecule has 0 bridgehead atoms. The van der Waals surface area contributed by atoms with Crippen LogP contribution < -0.4 is 4.74 Å². The molecule has 27 heavy (non-hydrogen) atoms. The number of tetrazole rings is 1. The van der Waals surface area contributed by atoms with Crippen LogP contribution in [0, 0.1) is 18.8 Å². The molecule has 2 heterocycles. The summed E-state index contributed by atoms with van der Waals surface area (Å²) in [4.78, 5) is 14.9. The van der Waals surface area contributed by atoms with E-state index in [4.69, 9.17) is 4.74 Å². The summed E-state index contributed by atoms with van der Waals surface area (Å²) in [6, 6.07) is 5.84. The van der Waals surface area contributed by atoms with Gasteiger partial charge in [-0.2, -0.15) is 4.68 Å². The molecule has 1 aromatic heterocycles. The van der Waals surface area contributed by atoms with Crippen LogP contribution in [0.2, 0.25) is 0 Å². The van der Waals surface area contributed by atoms with Crippen LogP contribution in [0.1, 0.15) is 32.8 Å². The molecule has 1 aliphatic rings. The van der Waals surface area contributed by atoms with Gasteiger partial charge in [-0.1, -0.05) is 31.7 Å². The first-order valence-corrected chi connectivity index (χ1v) is 10.2. The zero-order chi connectivity index (χ0) is 19.6. The van der Waals surface area contributed by atoms with Crippen molar-refractivity contribution >= 4 is 17.7 Å². The van der Waals surface area contributed by atoms with Crippen LogP contribution in [0.25, 0.3) is 5.69 Å². The molecule has 0 spiro atoms. The number of piperidine rings is 1. The number of carbonyl (C=O) groups excluding carboxylic acids is 1. The summed E-state index contributed by atoms with van der Waals surface area (Å²) in [5.41, 5.74) is 1.85. The van der Waals surface area contributed by atoms with E-state index in [1.165, 1.54) is 18.2 Å². The summed E-state index contributed by atoms with van der Waals surface area (Å²) >= 11 is 1.38. The number of thioether (sulfide) groups is 1. The normalized spacial score (nSPS) is 21.1. The summed E-state index contributed by atoms with van der Waals surface area (Å²) in [7, 11) is 1.62. The molecule has 0 saturated carbocycles. The van der Waals surface area contributed by atoms with Crippen LogP contribution in [-0.2, 0) is 4.79 Å². The summed E-state index contributed by atoms with van der Waals surface area (Å²) in [5, 5.41) is 12.4. The van der Waals surface area contributed by atoms with Crippen LogP contribution in [0.5, 0.6) is 5.75 Å². The predicted molar refractivity (Wildman–Crippen MR) is 105 cm³/mol. The summed E-state index contributed by atoms with van der Waals surface area (Å²) in [5.74, 6) is 1.91. The molecule has 7 nitrogen and oxygen atoms in total. The number of hydrogen-bond donors (Lipinski definition) is 0. The smallest absolute Gasteiger partial charge is 0.235 e. The van der Waals surface area contributed by atoms with Crippen molar-refractivity contribution in [3.63, 3.8) is 0 Å². The Hall–Kier alpha value is -2.09. The largest absolute Gasteiger partial charge is 0.494 e. The van der Waals surface area contributed by atoms with E-state index in [0.717, 1.165) is 24.3 Å². The fourth-order valence-electron chi connectivity index (χ4n) is 3.68. The lowest BCUT2D eigenvalue weighted by Crippen LogP contribution is -2.45. The van der Waals surface area contributed by atoms with Gasteiger partial charge in [-0.25, -0.2) is 0 Å². The Balaban J connectivity index is 1.78. The maximum atomic E-state index is 12.9. The van der Waals surface area contributed by atoms with E-state index in [0.29, 0.717) is 22.7 Å². The Morgan fingerprint density at radius 1 is 1.30 bits per heavy atom. The Kier molecular flexibility index (Phi) is 6.04. The molecule has 0 radical (unpaired) electrons. The zero-order valence-corrected chi connectivity index (χ0v) is 17.4. The molecule has 1 aromatic carbocycles. The average molecular weight is 390 g/mol. The van der Waals surface area contributed by atoms with Crippen LogP contribution in [0.4, 0.5) is 0 Å². The fraction of sp³-hybridized carbons (Fsp3) is 0.579. The van der Waals surface area contributed by atoms with E-state index in [9.17, 15) is 4.79 Å². The summed E-state index contributed by atoms with van der Waals surface area (Å²) in [6.07, 6.45) is 1.18. The lowest BCUT2D eigenvalue weighted by Gasteiger charge is -2.36. The van der Waals surface area contributed by atoms with Gasteiger partial charge in [0.15, 0.2) is 0 Å². The van der Waals surface area contributed by atoms with Crippen molar-refractivity contribution in [3.8, 4) is 11.4 Å². The van der Waals surface area contributed by atoms with Crippen molar-refractivity contribution in [1.29, 1.82) is 0 Å². The first-order chi connectivity index (χ1) is 12.9. The highest BCUT2D eigenvalue weighted by molar-refractivity contribution is 8.00. The quantitative estimate of drug-likeness (QED) is 0.732. The highest BCUT2D eigenvalue weighted by atomic mass is 32.2. The average Bonchev–Trinajstić information content (AvgIpc) is 3.08. The minimum absolute atomic E-state index is 0.143. The van der Waals surface area contributed by atoms with Crippen LogP contribution >= 0.6 is 11.8 Å². The molecule has 1 saturated heterocycles. The Labute approximate surface area is 164 Å². The van der Waals surface area contributed by atoms with Gasteiger partial charge in [-0.3, -0.25) is 4.79 Å². The van der Waals surface area contributed by atoms with E-state index in [-0.39, 0.29) is 11.2 Å². The monoisotopic (exact) mass is 389 g/mol. The minimum Gasteiger partial charge on any atom is -0.494 e. The third-order valence-corrected chi connectivity index (χ3v) is 5.83. The highest BCUT2D eigenvalue weighted by Gasteiger charge is 2.30. The van der Waals surface area contributed by atoms with E-state index in [2.05, 4.69) is 29.4 Å². The number of aromatic nitrogens is 4.